The zero-order valence-electron chi connectivity index (χ0n) is 16.1. The lowest BCUT2D eigenvalue weighted by Gasteiger charge is -2.17. The molecule has 0 radical (unpaired) electrons. The molecule has 2 aliphatic rings. The number of aromatic nitrogens is 3. The minimum absolute atomic E-state index is 0.107. The molecular weight excluding hydrogens is 409 g/mol. The van der Waals surface area contributed by atoms with Gasteiger partial charge >= 0.3 is 11.1 Å². The normalized spacial score (nSPS) is 13.9. The highest BCUT2D eigenvalue weighted by atomic mass is 19.1. The summed E-state index contributed by atoms with van der Waals surface area (Å²) in [5, 5.41) is 6.87. The number of hydrogen-bond donors (Lipinski definition) is 1. The summed E-state index contributed by atoms with van der Waals surface area (Å²) >= 11 is 0. The molecule has 158 valence electrons. The average molecular weight is 425 g/mol. The summed E-state index contributed by atoms with van der Waals surface area (Å²) in [7, 11) is 0. The molecule has 31 heavy (non-hydrogen) atoms. The Kier molecular flexibility index (Phi) is 4.42. The maximum absolute atomic E-state index is 13.3. The molecule has 5 rings (SSSR count). The molecule has 10 nitrogen and oxygen atoms in total. The van der Waals surface area contributed by atoms with Crippen LogP contribution in [0.25, 0.3) is 0 Å². The summed E-state index contributed by atoms with van der Waals surface area (Å²) in [6, 6.07) is 10.6. The van der Waals surface area contributed by atoms with Crippen LogP contribution in [0.1, 0.15) is 0 Å². The molecule has 2 aliphatic heterocycles. The van der Waals surface area contributed by atoms with E-state index in [-0.39, 0.29) is 19.3 Å². The van der Waals surface area contributed by atoms with Crippen LogP contribution in [-0.2, 0) is 17.9 Å². The minimum atomic E-state index is -0.898. The summed E-state index contributed by atoms with van der Waals surface area (Å²) in [4.78, 5) is 39.1. The van der Waals surface area contributed by atoms with Crippen LogP contribution in [0.15, 0.2) is 52.1 Å². The molecule has 3 heterocycles. The Morgan fingerprint density at radius 2 is 1.81 bits per heavy atom. The first-order chi connectivity index (χ1) is 15.0. The van der Waals surface area contributed by atoms with Gasteiger partial charge in [-0.05, 0) is 36.4 Å². The second-order valence-corrected chi connectivity index (χ2v) is 6.96. The Morgan fingerprint density at radius 1 is 1.03 bits per heavy atom. The molecule has 0 saturated carbocycles. The fourth-order valence-corrected chi connectivity index (χ4v) is 3.51. The highest BCUT2D eigenvalue weighted by molar-refractivity contribution is 5.90. The van der Waals surface area contributed by atoms with Crippen molar-refractivity contribution < 1.29 is 18.7 Å². The van der Waals surface area contributed by atoms with Gasteiger partial charge in [0.2, 0.25) is 18.6 Å². The first-order valence-electron chi connectivity index (χ1n) is 9.44. The lowest BCUT2D eigenvalue weighted by Crippen LogP contribution is -2.44. The van der Waals surface area contributed by atoms with Gasteiger partial charge in [0.25, 0.3) is 0 Å². The third-order valence-electron chi connectivity index (χ3n) is 4.99. The van der Waals surface area contributed by atoms with Gasteiger partial charge in [0, 0.05) is 30.5 Å². The van der Waals surface area contributed by atoms with Crippen molar-refractivity contribution in [1.82, 2.24) is 14.3 Å². The maximum Gasteiger partial charge on any atom is 0.333 e. The second-order valence-electron chi connectivity index (χ2n) is 6.96. The highest BCUT2D eigenvalue weighted by Crippen LogP contribution is 2.34. The lowest BCUT2D eigenvalue weighted by atomic mass is 10.3. The van der Waals surface area contributed by atoms with E-state index in [0.717, 1.165) is 4.68 Å². The fourth-order valence-electron chi connectivity index (χ4n) is 3.51. The minimum Gasteiger partial charge on any atom is -0.454 e. The molecule has 0 fully saturated rings. The summed E-state index contributed by atoms with van der Waals surface area (Å²) < 4.78 is 25.8. The predicted molar refractivity (Wildman–Crippen MR) is 107 cm³/mol. The van der Waals surface area contributed by atoms with Crippen molar-refractivity contribution in [2.45, 2.75) is 13.1 Å². The van der Waals surface area contributed by atoms with Gasteiger partial charge in [-0.3, -0.25) is 19.0 Å². The van der Waals surface area contributed by atoms with Crippen LogP contribution in [0, 0.1) is 5.82 Å². The van der Waals surface area contributed by atoms with E-state index in [4.69, 9.17) is 9.47 Å². The van der Waals surface area contributed by atoms with Crippen molar-refractivity contribution in [3.05, 3.63) is 69.0 Å². The van der Waals surface area contributed by atoms with Gasteiger partial charge in [-0.2, -0.15) is 0 Å². The van der Waals surface area contributed by atoms with Gasteiger partial charge in [-0.25, -0.2) is 9.07 Å². The first-order valence-corrected chi connectivity index (χ1v) is 9.44. The smallest absolute Gasteiger partial charge is 0.333 e. The molecular formula is C20H16FN5O5. The standard InChI is InChI=1S/C20H16FN5O5/c21-12-1-4-14(5-2-12)24-7-8-25-18(28)19(29)26(23-20(24)25)10-17(27)22-13-3-6-15-16(9-13)31-11-30-15/h1-6,9H,7-8,10-11H2,(H,22,27). The van der Waals surface area contributed by atoms with E-state index in [2.05, 4.69) is 10.4 Å². The summed E-state index contributed by atoms with van der Waals surface area (Å²) in [6.07, 6.45) is 0. The molecule has 0 spiro atoms. The van der Waals surface area contributed by atoms with E-state index in [1.54, 1.807) is 35.2 Å². The fraction of sp³-hybridized carbons (Fsp3) is 0.200. The number of carbonyl (C=O) groups excluding carboxylic acids is 1. The average Bonchev–Trinajstić information content (AvgIpc) is 3.39. The first kappa shape index (κ1) is 18.9. The van der Waals surface area contributed by atoms with Gasteiger partial charge < -0.3 is 19.7 Å². The molecule has 1 aromatic heterocycles. The van der Waals surface area contributed by atoms with Crippen molar-refractivity contribution in [1.29, 1.82) is 0 Å². The van der Waals surface area contributed by atoms with Gasteiger partial charge in [-0.15, -0.1) is 5.10 Å². The Balaban J connectivity index is 1.41. The van der Waals surface area contributed by atoms with Gasteiger partial charge in [0.15, 0.2) is 11.5 Å². The van der Waals surface area contributed by atoms with Crippen molar-refractivity contribution in [3.8, 4) is 11.5 Å². The molecule has 3 aromatic rings. The summed E-state index contributed by atoms with van der Waals surface area (Å²) in [5.74, 6) is 0.358. The Labute approximate surface area is 174 Å². The Bertz CT molecular complexity index is 1300. The van der Waals surface area contributed by atoms with Crippen molar-refractivity contribution >= 4 is 23.2 Å². The topological polar surface area (TPSA) is 108 Å². The quantitative estimate of drug-likeness (QED) is 0.623. The van der Waals surface area contributed by atoms with Crippen LogP contribution in [0.2, 0.25) is 0 Å². The van der Waals surface area contributed by atoms with E-state index in [1.807, 2.05) is 0 Å². The van der Waals surface area contributed by atoms with E-state index in [1.165, 1.54) is 16.7 Å². The van der Waals surface area contributed by atoms with E-state index in [0.29, 0.717) is 29.4 Å². The van der Waals surface area contributed by atoms with Crippen LogP contribution < -0.4 is 30.8 Å². The predicted octanol–water partition coefficient (Wildman–Crippen LogP) is 1.06. The monoisotopic (exact) mass is 425 g/mol. The molecule has 0 saturated heterocycles. The number of nitrogens with zero attached hydrogens (tertiary/aromatic N) is 4. The number of hydrogen-bond acceptors (Lipinski definition) is 7. The molecule has 0 atom stereocenters. The number of benzene rings is 2. The SMILES string of the molecule is O=C(Cn1nc2n(c(=O)c1=O)CCN2c1ccc(F)cc1)Nc1ccc2c(c1)OCO2. The summed E-state index contributed by atoms with van der Waals surface area (Å²) in [5.41, 5.74) is -0.598. The van der Waals surface area contributed by atoms with Gasteiger partial charge in [0.1, 0.15) is 12.4 Å². The number of nitrogens with one attached hydrogen (secondary N) is 1. The third kappa shape index (κ3) is 3.39. The molecule has 1 amide bonds. The number of ether oxygens (including phenoxy) is 2. The molecule has 0 unspecified atom stereocenters. The molecule has 0 aliphatic carbocycles. The molecule has 0 bridgehead atoms. The largest absolute Gasteiger partial charge is 0.454 e. The molecule has 1 N–H and O–H groups in total. The van der Waals surface area contributed by atoms with Crippen LogP contribution in [-0.4, -0.2) is 33.6 Å². The number of anilines is 3. The lowest BCUT2D eigenvalue weighted by molar-refractivity contribution is -0.117. The maximum atomic E-state index is 13.3. The van der Waals surface area contributed by atoms with Crippen LogP contribution in [0.3, 0.4) is 0 Å². The van der Waals surface area contributed by atoms with Crippen molar-refractivity contribution in [3.63, 3.8) is 0 Å². The third-order valence-corrected chi connectivity index (χ3v) is 4.99. The number of amides is 1. The zero-order valence-corrected chi connectivity index (χ0v) is 16.1. The van der Waals surface area contributed by atoms with Crippen molar-refractivity contribution in [2.24, 2.45) is 0 Å². The van der Waals surface area contributed by atoms with Crippen LogP contribution >= 0.6 is 0 Å². The highest BCUT2D eigenvalue weighted by Gasteiger charge is 2.26. The molecule has 2 aromatic carbocycles. The Hall–Kier alpha value is -4.15. The number of carbonyl (C=O) groups is 1. The second kappa shape index (κ2) is 7.27. The van der Waals surface area contributed by atoms with E-state index in [9.17, 15) is 18.8 Å². The number of fused-ring (bicyclic) bond motifs is 2. The van der Waals surface area contributed by atoms with Crippen LogP contribution in [0.4, 0.5) is 21.7 Å². The number of rotatable bonds is 4. The zero-order chi connectivity index (χ0) is 21.5. The van der Waals surface area contributed by atoms with Crippen LogP contribution in [0.5, 0.6) is 11.5 Å². The van der Waals surface area contributed by atoms with E-state index < -0.39 is 29.4 Å². The van der Waals surface area contributed by atoms with Gasteiger partial charge in [0.05, 0.1) is 0 Å². The van der Waals surface area contributed by atoms with E-state index >= 15 is 0 Å². The van der Waals surface area contributed by atoms with Gasteiger partial charge in [-0.1, -0.05) is 0 Å². The summed E-state index contributed by atoms with van der Waals surface area (Å²) in [6.45, 7) is 0.308. The Morgan fingerprint density at radius 3 is 2.61 bits per heavy atom. The van der Waals surface area contributed by atoms with Crippen molar-refractivity contribution in [2.75, 3.05) is 23.6 Å². The molecule has 11 heteroatoms. The number of halogens is 1.